The summed E-state index contributed by atoms with van der Waals surface area (Å²) in [6.07, 6.45) is 1.49. The number of benzene rings is 1. The number of carbonyl (C=O) groups is 1. The number of phenolic OH excluding ortho intramolecular Hbond substituents is 1. The summed E-state index contributed by atoms with van der Waals surface area (Å²) >= 11 is 8.91. The third kappa shape index (κ3) is 3.00. The van der Waals surface area contributed by atoms with Crippen molar-refractivity contribution in [3.8, 4) is 5.75 Å². The molecule has 0 aliphatic heterocycles. The Kier molecular flexibility index (Phi) is 3.84. The van der Waals surface area contributed by atoms with Crippen LogP contribution < -0.4 is 5.32 Å². The van der Waals surface area contributed by atoms with E-state index in [-0.39, 0.29) is 16.5 Å². The number of phenols is 1. The zero-order valence-corrected chi connectivity index (χ0v) is 11.4. The van der Waals surface area contributed by atoms with E-state index in [1.165, 1.54) is 24.4 Å². The van der Waals surface area contributed by atoms with Crippen LogP contribution >= 0.6 is 27.5 Å². The van der Waals surface area contributed by atoms with Gasteiger partial charge in [0.2, 0.25) is 0 Å². The summed E-state index contributed by atoms with van der Waals surface area (Å²) in [5.74, 6) is -0.510. The topological polar surface area (TPSA) is 62.2 Å². The van der Waals surface area contributed by atoms with Crippen molar-refractivity contribution < 1.29 is 9.90 Å². The molecule has 0 unspecified atom stereocenters. The van der Waals surface area contributed by atoms with E-state index >= 15 is 0 Å². The standard InChI is InChI=1S/C12H8BrClN2O2/c13-7-1-2-9(10(17)5-7)12(18)16-8-3-4-15-11(14)6-8/h1-6,17H,(H,15,16,18). The number of pyridine rings is 1. The van der Waals surface area contributed by atoms with Gasteiger partial charge < -0.3 is 10.4 Å². The lowest BCUT2D eigenvalue weighted by molar-refractivity contribution is 0.102. The molecule has 1 aromatic carbocycles. The summed E-state index contributed by atoms with van der Waals surface area (Å²) in [5.41, 5.74) is 0.702. The fraction of sp³-hybridized carbons (Fsp3) is 0. The molecule has 0 atom stereocenters. The molecule has 1 heterocycles. The molecular weight excluding hydrogens is 320 g/mol. The number of aromatic nitrogens is 1. The molecule has 6 heteroatoms. The molecule has 0 spiro atoms. The van der Waals surface area contributed by atoms with Gasteiger partial charge in [-0.05, 0) is 30.3 Å². The summed E-state index contributed by atoms with van der Waals surface area (Å²) in [5, 5.41) is 12.6. The Morgan fingerprint density at radius 2 is 2.11 bits per heavy atom. The molecule has 4 nitrogen and oxygen atoms in total. The Balaban J connectivity index is 2.22. The van der Waals surface area contributed by atoms with Crippen molar-refractivity contribution in [1.82, 2.24) is 4.98 Å². The molecule has 0 aliphatic rings. The quantitative estimate of drug-likeness (QED) is 0.830. The third-order valence-corrected chi connectivity index (χ3v) is 2.89. The smallest absolute Gasteiger partial charge is 0.259 e. The lowest BCUT2D eigenvalue weighted by Gasteiger charge is -2.07. The molecule has 0 radical (unpaired) electrons. The Hall–Kier alpha value is -1.59. The van der Waals surface area contributed by atoms with Crippen molar-refractivity contribution in [2.45, 2.75) is 0 Å². The average molecular weight is 328 g/mol. The predicted octanol–water partition coefficient (Wildman–Crippen LogP) is 3.46. The number of halogens is 2. The van der Waals surface area contributed by atoms with Gasteiger partial charge in [0.1, 0.15) is 10.9 Å². The second-order valence-corrected chi connectivity index (χ2v) is 4.79. The fourth-order valence-electron chi connectivity index (χ4n) is 1.38. The van der Waals surface area contributed by atoms with E-state index in [0.717, 1.165) is 0 Å². The van der Waals surface area contributed by atoms with Crippen molar-refractivity contribution in [2.24, 2.45) is 0 Å². The van der Waals surface area contributed by atoms with Gasteiger partial charge in [-0.2, -0.15) is 0 Å². The van der Waals surface area contributed by atoms with Crippen LogP contribution in [0.4, 0.5) is 5.69 Å². The van der Waals surface area contributed by atoms with Gasteiger partial charge in [-0.15, -0.1) is 0 Å². The maximum Gasteiger partial charge on any atom is 0.259 e. The van der Waals surface area contributed by atoms with Gasteiger partial charge in [0.05, 0.1) is 5.56 Å². The number of nitrogens with zero attached hydrogens (tertiary/aromatic N) is 1. The molecule has 92 valence electrons. The summed E-state index contributed by atoms with van der Waals surface area (Å²) in [4.78, 5) is 15.7. The Morgan fingerprint density at radius 3 is 2.78 bits per heavy atom. The summed E-state index contributed by atoms with van der Waals surface area (Å²) < 4.78 is 0.698. The first-order valence-electron chi connectivity index (χ1n) is 4.97. The van der Waals surface area contributed by atoms with E-state index in [1.54, 1.807) is 12.1 Å². The van der Waals surface area contributed by atoms with E-state index in [9.17, 15) is 9.90 Å². The first-order chi connectivity index (χ1) is 8.56. The molecule has 0 fully saturated rings. The SMILES string of the molecule is O=C(Nc1ccnc(Cl)c1)c1ccc(Br)cc1O. The fourth-order valence-corrected chi connectivity index (χ4v) is 1.90. The molecule has 1 amide bonds. The van der Waals surface area contributed by atoms with E-state index < -0.39 is 5.91 Å². The van der Waals surface area contributed by atoms with Crippen LogP contribution in [0.25, 0.3) is 0 Å². The molecule has 2 N–H and O–H groups in total. The molecule has 0 aliphatic carbocycles. The van der Waals surface area contributed by atoms with Crippen LogP contribution in [-0.2, 0) is 0 Å². The zero-order valence-electron chi connectivity index (χ0n) is 9.02. The monoisotopic (exact) mass is 326 g/mol. The van der Waals surface area contributed by atoms with Gasteiger partial charge in [-0.3, -0.25) is 4.79 Å². The number of amides is 1. The van der Waals surface area contributed by atoms with Gasteiger partial charge in [0.15, 0.2) is 0 Å². The van der Waals surface area contributed by atoms with Gasteiger partial charge in [0.25, 0.3) is 5.91 Å². The molecule has 0 bridgehead atoms. The number of nitrogens with one attached hydrogen (secondary N) is 1. The Morgan fingerprint density at radius 1 is 1.33 bits per heavy atom. The number of hydrogen-bond acceptors (Lipinski definition) is 3. The maximum atomic E-state index is 11.9. The van der Waals surface area contributed by atoms with Crippen LogP contribution in [0.2, 0.25) is 5.15 Å². The minimum atomic E-state index is -0.415. The number of carbonyl (C=O) groups excluding carboxylic acids is 1. The van der Waals surface area contributed by atoms with Crippen molar-refractivity contribution in [2.75, 3.05) is 5.32 Å². The van der Waals surface area contributed by atoms with E-state index in [1.807, 2.05) is 0 Å². The molecule has 1 aromatic heterocycles. The van der Waals surface area contributed by atoms with Crippen LogP contribution in [0.3, 0.4) is 0 Å². The van der Waals surface area contributed by atoms with Gasteiger partial charge in [-0.1, -0.05) is 27.5 Å². The van der Waals surface area contributed by atoms with E-state index in [2.05, 4.69) is 26.2 Å². The lowest BCUT2D eigenvalue weighted by Crippen LogP contribution is -2.12. The number of rotatable bonds is 2. The molecular formula is C12H8BrClN2O2. The normalized spacial score (nSPS) is 10.1. The molecule has 0 saturated heterocycles. The highest BCUT2D eigenvalue weighted by Gasteiger charge is 2.11. The van der Waals surface area contributed by atoms with Crippen molar-refractivity contribution in [3.63, 3.8) is 0 Å². The number of anilines is 1. The van der Waals surface area contributed by atoms with Crippen LogP contribution in [0.1, 0.15) is 10.4 Å². The number of hydrogen-bond donors (Lipinski definition) is 2. The predicted molar refractivity (Wildman–Crippen MR) is 73.0 cm³/mol. The van der Waals surface area contributed by atoms with Gasteiger partial charge in [0, 0.05) is 16.4 Å². The highest BCUT2D eigenvalue weighted by molar-refractivity contribution is 9.10. The van der Waals surface area contributed by atoms with Crippen molar-refractivity contribution in [3.05, 3.63) is 51.7 Å². The average Bonchev–Trinajstić information content (AvgIpc) is 2.28. The van der Waals surface area contributed by atoms with Crippen molar-refractivity contribution in [1.29, 1.82) is 0 Å². The van der Waals surface area contributed by atoms with Crippen LogP contribution in [0.15, 0.2) is 41.0 Å². The van der Waals surface area contributed by atoms with Crippen LogP contribution in [0, 0.1) is 0 Å². The zero-order chi connectivity index (χ0) is 13.1. The minimum Gasteiger partial charge on any atom is -0.507 e. The largest absolute Gasteiger partial charge is 0.507 e. The maximum absolute atomic E-state index is 11.9. The van der Waals surface area contributed by atoms with Crippen LogP contribution in [-0.4, -0.2) is 16.0 Å². The van der Waals surface area contributed by atoms with E-state index in [4.69, 9.17) is 11.6 Å². The second-order valence-electron chi connectivity index (χ2n) is 3.48. The second kappa shape index (κ2) is 5.37. The first-order valence-corrected chi connectivity index (χ1v) is 6.15. The summed E-state index contributed by atoms with van der Waals surface area (Å²) in [6.45, 7) is 0. The summed E-state index contributed by atoms with van der Waals surface area (Å²) in [6, 6.07) is 7.79. The third-order valence-electron chi connectivity index (χ3n) is 2.19. The molecule has 2 aromatic rings. The Bertz CT molecular complexity index is 604. The minimum absolute atomic E-state index is 0.0953. The van der Waals surface area contributed by atoms with Crippen LogP contribution in [0.5, 0.6) is 5.75 Å². The molecule has 18 heavy (non-hydrogen) atoms. The lowest BCUT2D eigenvalue weighted by atomic mass is 10.2. The van der Waals surface area contributed by atoms with Gasteiger partial charge in [-0.25, -0.2) is 4.98 Å². The first kappa shape index (κ1) is 12.9. The highest BCUT2D eigenvalue weighted by atomic mass is 79.9. The molecule has 2 rings (SSSR count). The van der Waals surface area contributed by atoms with Crippen molar-refractivity contribution >= 4 is 39.1 Å². The Labute approximate surface area is 117 Å². The summed E-state index contributed by atoms with van der Waals surface area (Å²) in [7, 11) is 0. The highest BCUT2D eigenvalue weighted by Crippen LogP contribution is 2.23. The van der Waals surface area contributed by atoms with Gasteiger partial charge >= 0.3 is 0 Å². The number of aromatic hydroxyl groups is 1. The molecule has 0 saturated carbocycles. The van der Waals surface area contributed by atoms with E-state index in [0.29, 0.717) is 10.2 Å².